The predicted molar refractivity (Wildman–Crippen MR) is 118 cm³/mol. The van der Waals surface area contributed by atoms with E-state index in [9.17, 15) is 9.90 Å². The highest BCUT2D eigenvalue weighted by atomic mass is 16.3. The number of aliphatic hydroxyl groups is 1. The van der Waals surface area contributed by atoms with Gasteiger partial charge in [-0.25, -0.2) is 5.84 Å². The molecule has 158 valence electrons. The van der Waals surface area contributed by atoms with Crippen LogP contribution in [0.25, 0.3) is 0 Å². The first-order valence-electron chi connectivity index (χ1n) is 10.2. The van der Waals surface area contributed by atoms with E-state index < -0.39 is 6.23 Å². The van der Waals surface area contributed by atoms with Gasteiger partial charge in [0.05, 0.1) is 12.1 Å². The first kappa shape index (κ1) is 22.9. The van der Waals surface area contributed by atoms with Gasteiger partial charge in [-0.05, 0) is 51.2 Å². The number of allylic oxidation sites excluding steroid dienone is 4. The van der Waals surface area contributed by atoms with Crippen molar-refractivity contribution in [3.8, 4) is 0 Å². The molecule has 2 aliphatic rings. The Hall–Kier alpha value is -2.41. The fourth-order valence-corrected chi connectivity index (χ4v) is 3.58. The summed E-state index contributed by atoms with van der Waals surface area (Å²) in [5, 5.41) is 14.0. The normalized spacial score (nSPS) is 24.0. The molecule has 3 atom stereocenters. The van der Waals surface area contributed by atoms with Crippen LogP contribution in [-0.4, -0.2) is 39.3 Å². The van der Waals surface area contributed by atoms with Crippen molar-refractivity contribution in [3.63, 3.8) is 0 Å². The fourth-order valence-electron chi connectivity index (χ4n) is 3.58. The molecule has 0 aromatic carbocycles. The number of rotatable bonds is 8. The molecule has 0 aromatic heterocycles. The van der Waals surface area contributed by atoms with Crippen molar-refractivity contribution in [2.24, 2.45) is 5.84 Å². The van der Waals surface area contributed by atoms with Gasteiger partial charge in [-0.3, -0.25) is 9.80 Å². The summed E-state index contributed by atoms with van der Waals surface area (Å²) < 4.78 is 0. The number of aliphatic hydroxyl groups excluding tert-OH is 1. The molecule has 0 bridgehead atoms. The summed E-state index contributed by atoms with van der Waals surface area (Å²) in [7, 11) is 0. The van der Waals surface area contributed by atoms with Crippen LogP contribution in [0.15, 0.2) is 72.0 Å². The van der Waals surface area contributed by atoms with Gasteiger partial charge < -0.3 is 10.5 Å². The molecule has 0 saturated heterocycles. The first-order valence-corrected chi connectivity index (χ1v) is 10.2. The highest BCUT2D eigenvalue weighted by Gasteiger charge is 2.33. The topological polar surface area (TPSA) is 81.8 Å². The number of hydrazine groups is 2. The van der Waals surface area contributed by atoms with Gasteiger partial charge in [-0.1, -0.05) is 50.5 Å². The van der Waals surface area contributed by atoms with E-state index in [1.54, 1.807) is 24.1 Å². The number of amides is 1. The van der Waals surface area contributed by atoms with E-state index in [1.165, 1.54) is 5.01 Å². The fraction of sp³-hybridized carbons (Fsp3) is 0.435. The lowest BCUT2D eigenvalue weighted by Gasteiger charge is -2.29. The van der Waals surface area contributed by atoms with E-state index >= 15 is 0 Å². The molecule has 1 amide bonds. The molecule has 29 heavy (non-hydrogen) atoms. The minimum Gasteiger partial charge on any atom is -0.372 e. The molecule has 0 spiro atoms. The van der Waals surface area contributed by atoms with Gasteiger partial charge in [0.15, 0.2) is 6.23 Å². The van der Waals surface area contributed by atoms with E-state index in [-0.39, 0.29) is 18.0 Å². The molecule has 1 aliphatic carbocycles. The standard InChI is InChI=1S/C23H34N4O2/c1-6-8-12-18(7-2)27-23(29)21(17(5)25-27)15-20(16(3)4)22(28)26(24)19-13-10-9-11-14-19/h6,8,10,12-13,15,18-19,23,25,29H,1,3,7,9,11,14,24H2,2,4-5H3/b12-8-,20-15?. The third-order valence-electron chi connectivity index (χ3n) is 5.33. The molecule has 0 saturated carbocycles. The zero-order chi connectivity index (χ0) is 21.6. The molecule has 1 aliphatic heterocycles. The summed E-state index contributed by atoms with van der Waals surface area (Å²) in [5.74, 6) is 5.86. The largest absolute Gasteiger partial charge is 0.372 e. The van der Waals surface area contributed by atoms with E-state index in [4.69, 9.17) is 5.84 Å². The summed E-state index contributed by atoms with van der Waals surface area (Å²) in [6.07, 6.45) is 14.1. The van der Waals surface area contributed by atoms with Crippen molar-refractivity contribution in [2.45, 2.75) is 64.8 Å². The van der Waals surface area contributed by atoms with Crippen LogP contribution in [-0.2, 0) is 4.79 Å². The van der Waals surface area contributed by atoms with Crippen LogP contribution in [0.1, 0.15) is 46.5 Å². The Morgan fingerprint density at radius 2 is 2.28 bits per heavy atom. The van der Waals surface area contributed by atoms with Gasteiger partial charge in [-0.2, -0.15) is 5.01 Å². The van der Waals surface area contributed by atoms with Gasteiger partial charge >= 0.3 is 0 Å². The van der Waals surface area contributed by atoms with Crippen LogP contribution >= 0.6 is 0 Å². The third kappa shape index (κ3) is 5.35. The van der Waals surface area contributed by atoms with Crippen LogP contribution < -0.4 is 11.3 Å². The average Bonchev–Trinajstić information content (AvgIpc) is 2.99. The molecule has 2 rings (SSSR count). The number of nitrogens with two attached hydrogens (primary N) is 1. The second-order valence-electron chi connectivity index (χ2n) is 7.55. The van der Waals surface area contributed by atoms with E-state index in [0.29, 0.717) is 16.7 Å². The lowest BCUT2D eigenvalue weighted by molar-refractivity contribution is -0.128. The maximum absolute atomic E-state index is 13.1. The molecule has 4 N–H and O–H groups in total. The summed E-state index contributed by atoms with van der Waals surface area (Å²) in [4.78, 5) is 13.1. The maximum Gasteiger partial charge on any atom is 0.268 e. The number of carbonyl (C=O) groups is 1. The zero-order valence-electron chi connectivity index (χ0n) is 17.8. The van der Waals surface area contributed by atoms with Gasteiger partial charge in [0.1, 0.15) is 0 Å². The van der Waals surface area contributed by atoms with Crippen LogP contribution in [0.5, 0.6) is 0 Å². The highest BCUT2D eigenvalue weighted by molar-refractivity contribution is 5.98. The Kier molecular flexibility index (Phi) is 8.20. The van der Waals surface area contributed by atoms with E-state index in [1.807, 2.05) is 32.1 Å². The number of nitrogens with one attached hydrogen (secondary N) is 1. The van der Waals surface area contributed by atoms with Crippen molar-refractivity contribution in [2.75, 3.05) is 0 Å². The second-order valence-corrected chi connectivity index (χ2v) is 7.55. The van der Waals surface area contributed by atoms with Crippen LogP contribution in [0.2, 0.25) is 0 Å². The second kappa shape index (κ2) is 10.4. The van der Waals surface area contributed by atoms with Crippen molar-refractivity contribution in [1.82, 2.24) is 15.4 Å². The number of hydrogen-bond donors (Lipinski definition) is 3. The summed E-state index contributed by atoms with van der Waals surface area (Å²) >= 11 is 0. The molecule has 0 radical (unpaired) electrons. The smallest absolute Gasteiger partial charge is 0.268 e. The summed E-state index contributed by atoms with van der Waals surface area (Å²) in [6, 6.07) is -0.142. The molecular formula is C23H34N4O2. The van der Waals surface area contributed by atoms with Crippen LogP contribution in [0.3, 0.4) is 0 Å². The molecule has 6 nitrogen and oxygen atoms in total. The van der Waals surface area contributed by atoms with Crippen LogP contribution in [0, 0.1) is 0 Å². The average molecular weight is 399 g/mol. The maximum atomic E-state index is 13.1. The Bertz CT molecular complexity index is 763. The minimum atomic E-state index is -0.891. The Labute approximate surface area is 174 Å². The molecular weight excluding hydrogens is 364 g/mol. The van der Waals surface area contributed by atoms with Gasteiger partial charge in [0, 0.05) is 16.8 Å². The monoisotopic (exact) mass is 398 g/mol. The predicted octanol–water partition coefficient (Wildman–Crippen LogP) is 3.23. The lowest BCUT2D eigenvalue weighted by atomic mass is 9.99. The Balaban J connectivity index is 2.28. The van der Waals surface area contributed by atoms with Crippen molar-refractivity contribution >= 4 is 5.91 Å². The number of carbonyl (C=O) groups excluding carboxylic acids is 1. The SMILES string of the molecule is C=C/C=C\C(CC)N1NC(C)=C(C=C(C(=C)C)C(=O)N(N)C2C=CCCC2)C1O. The van der Waals surface area contributed by atoms with Crippen molar-refractivity contribution in [1.29, 1.82) is 0 Å². The summed E-state index contributed by atoms with van der Waals surface area (Å²) in [5.41, 5.74) is 5.65. The zero-order valence-corrected chi connectivity index (χ0v) is 17.8. The molecule has 0 fully saturated rings. The van der Waals surface area contributed by atoms with Gasteiger partial charge in [-0.15, -0.1) is 0 Å². The van der Waals surface area contributed by atoms with Gasteiger partial charge in [0.2, 0.25) is 0 Å². The van der Waals surface area contributed by atoms with Gasteiger partial charge in [0.25, 0.3) is 5.91 Å². The van der Waals surface area contributed by atoms with Crippen LogP contribution in [0.4, 0.5) is 0 Å². The van der Waals surface area contributed by atoms with E-state index in [0.717, 1.165) is 31.4 Å². The lowest BCUT2D eigenvalue weighted by Crippen LogP contribution is -2.46. The quantitative estimate of drug-likeness (QED) is 0.146. The molecule has 3 unspecified atom stereocenters. The van der Waals surface area contributed by atoms with E-state index in [2.05, 4.69) is 24.7 Å². The highest BCUT2D eigenvalue weighted by Crippen LogP contribution is 2.27. The Morgan fingerprint density at radius 3 is 2.83 bits per heavy atom. The molecule has 0 aromatic rings. The van der Waals surface area contributed by atoms with Crippen molar-refractivity contribution in [3.05, 3.63) is 72.0 Å². The van der Waals surface area contributed by atoms with Crippen molar-refractivity contribution < 1.29 is 9.90 Å². The molecule has 1 heterocycles. The minimum absolute atomic E-state index is 0.0220. The third-order valence-corrected chi connectivity index (χ3v) is 5.33. The Morgan fingerprint density at radius 1 is 1.55 bits per heavy atom. The first-order chi connectivity index (χ1) is 13.8. The molecule has 6 heteroatoms. The summed E-state index contributed by atoms with van der Waals surface area (Å²) in [6.45, 7) is 13.4. The number of nitrogens with zero attached hydrogens (tertiary/aromatic N) is 2. The number of hydrogen-bond acceptors (Lipinski definition) is 5.